The number of likely N-dealkylation sites (N-methyl/N-ethyl adjacent to an activating group) is 1. The second-order valence-corrected chi connectivity index (χ2v) is 9.11. The number of hydrogen-bond donors (Lipinski definition) is 2. The zero-order chi connectivity index (χ0) is 25.3. The second-order valence-electron chi connectivity index (χ2n) is 9.11. The highest BCUT2D eigenvalue weighted by Crippen LogP contribution is 2.27. The van der Waals surface area contributed by atoms with Crippen LogP contribution in [-0.4, -0.2) is 62.5 Å². The summed E-state index contributed by atoms with van der Waals surface area (Å²) in [7, 11) is 1.79. The molecule has 7 nitrogen and oxygen atoms in total. The molecule has 0 spiro atoms. The first-order chi connectivity index (χ1) is 17.5. The smallest absolute Gasteiger partial charge is 0.411 e. The Morgan fingerprint density at radius 1 is 0.972 bits per heavy atom. The maximum absolute atomic E-state index is 12.6. The lowest BCUT2D eigenvalue weighted by molar-refractivity contribution is -0.905. The largest absolute Gasteiger partial charge is 0.446 e. The number of anilines is 1. The molecule has 2 N–H and O–H groups in total. The fourth-order valence-electron chi connectivity index (χ4n) is 4.47. The average molecular weight is 487 g/mol. The minimum Gasteiger partial charge on any atom is -0.446 e. The van der Waals surface area contributed by atoms with Crippen molar-refractivity contribution in [3.05, 3.63) is 90.0 Å². The molecule has 186 valence electrons. The zero-order valence-electron chi connectivity index (χ0n) is 20.5. The molecule has 36 heavy (non-hydrogen) atoms. The number of ether oxygens (including phenoxy) is 1. The zero-order valence-corrected chi connectivity index (χ0v) is 20.5. The molecule has 1 aliphatic rings. The third-order valence-electron chi connectivity index (χ3n) is 6.60. The fourth-order valence-corrected chi connectivity index (χ4v) is 4.47. The van der Waals surface area contributed by atoms with Crippen LogP contribution in [0.15, 0.2) is 78.9 Å². The Hall–Kier alpha value is -3.97. The second kappa shape index (κ2) is 12.1. The Morgan fingerprint density at radius 2 is 1.64 bits per heavy atom. The molecule has 0 bridgehead atoms. The van der Waals surface area contributed by atoms with E-state index in [9.17, 15) is 14.4 Å². The molecule has 1 fully saturated rings. The van der Waals surface area contributed by atoms with Gasteiger partial charge in [0.05, 0.1) is 31.9 Å². The number of piperidine rings is 1. The van der Waals surface area contributed by atoms with Crippen molar-refractivity contribution >= 4 is 24.0 Å². The molecule has 1 saturated heterocycles. The van der Waals surface area contributed by atoms with Crippen LogP contribution in [0.3, 0.4) is 0 Å². The Morgan fingerprint density at radius 3 is 2.33 bits per heavy atom. The minimum atomic E-state index is -0.433. The third kappa shape index (κ3) is 6.58. The summed E-state index contributed by atoms with van der Waals surface area (Å²) in [4.78, 5) is 39.1. The highest BCUT2D eigenvalue weighted by Gasteiger charge is 2.26. The Bertz CT molecular complexity index is 1170. The predicted octanol–water partition coefficient (Wildman–Crippen LogP) is 3.53. The first-order valence-corrected chi connectivity index (χ1v) is 12.3. The molecule has 7 heteroatoms. The summed E-state index contributed by atoms with van der Waals surface area (Å²) in [5.41, 5.74) is 3.84. The van der Waals surface area contributed by atoms with Gasteiger partial charge in [-0.25, -0.2) is 4.79 Å². The molecule has 3 aromatic rings. The van der Waals surface area contributed by atoms with Gasteiger partial charge in [-0.05, 0) is 23.8 Å². The van der Waals surface area contributed by atoms with Crippen molar-refractivity contribution in [3.8, 4) is 11.1 Å². The molecule has 0 saturated carbocycles. The lowest BCUT2D eigenvalue weighted by Crippen LogP contribution is -3.14. The summed E-state index contributed by atoms with van der Waals surface area (Å²) in [6.07, 6.45) is 1.79. The summed E-state index contributed by atoms with van der Waals surface area (Å²) in [5.74, 6) is -0.0578. The van der Waals surface area contributed by atoms with Crippen LogP contribution < -0.4 is 10.2 Å². The van der Waals surface area contributed by atoms with Gasteiger partial charge in [0.25, 0.3) is 5.91 Å². The van der Waals surface area contributed by atoms with Gasteiger partial charge in [0.1, 0.15) is 12.4 Å². The van der Waals surface area contributed by atoms with Gasteiger partial charge < -0.3 is 14.5 Å². The van der Waals surface area contributed by atoms with Crippen LogP contribution in [0.25, 0.3) is 11.1 Å². The number of carbonyl (C=O) groups is 3. The molecule has 1 heterocycles. The van der Waals surface area contributed by atoms with Crippen LogP contribution in [0.1, 0.15) is 33.6 Å². The van der Waals surface area contributed by atoms with E-state index in [-0.39, 0.29) is 12.0 Å². The van der Waals surface area contributed by atoms with Gasteiger partial charge >= 0.3 is 6.09 Å². The number of quaternary nitrogens is 1. The average Bonchev–Trinajstić information content (AvgIpc) is 2.93. The normalized spacial score (nSPS) is 17.1. The van der Waals surface area contributed by atoms with Gasteiger partial charge in [0.15, 0.2) is 0 Å². The number of nitrogens with one attached hydrogen (secondary N) is 2. The number of aldehydes is 1. The van der Waals surface area contributed by atoms with E-state index < -0.39 is 6.09 Å². The standard InChI is InChI=1S/C29H31N3O4/c1-31(28(34)24-13-11-22(21-33)12-14-24)19-20-32-17-15-25(16-18-32)36-29(35)30-27-10-6-5-9-26(27)23-7-3-2-4-8-23/h2-14,21,25H,15-20H2,1H3,(H,30,35)/p+1. The summed E-state index contributed by atoms with van der Waals surface area (Å²) in [6, 6.07) is 24.3. The van der Waals surface area contributed by atoms with Crippen LogP contribution >= 0.6 is 0 Å². The molecule has 3 aromatic carbocycles. The van der Waals surface area contributed by atoms with E-state index in [1.54, 1.807) is 36.2 Å². The molecule has 0 radical (unpaired) electrons. The Labute approximate surface area is 211 Å². The van der Waals surface area contributed by atoms with E-state index in [0.29, 0.717) is 17.7 Å². The van der Waals surface area contributed by atoms with Gasteiger partial charge in [-0.3, -0.25) is 14.9 Å². The first kappa shape index (κ1) is 25.1. The van der Waals surface area contributed by atoms with Gasteiger partial charge in [-0.2, -0.15) is 0 Å². The molecule has 0 aliphatic carbocycles. The number of para-hydroxylation sites is 1. The van der Waals surface area contributed by atoms with Crippen molar-refractivity contribution in [1.29, 1.82) is 0 Å². The van der Waals surface area contributed by atoms with E-state index in [0.717, 1.165) is 55.6 Å². The van der Waals surface area contributed by atoms with Gasteiger partial charge in [-0.15, -0.1) is 0 Å². The summed E-state index contributed by atoms with van der Waals surface area (Å²) >= 11 is 0. The molecule has 0 unspecified atom stereocenters. The molecular weight excluding hydrogens is 454 g/mol. The molecule has 2 amide bonds. The number of amides is 2. The molecule has 0 aromatic heterocycles. The number of nitrogens with zero attached hydrogens (tertiary/aromatic N) is 1. The van der Waals surface area contributed by atoms with E-state index in [1.165, 1.54) is 4.90 Å². The van der Waals surface area contributed by atoms with Crippen LogP contribution in [0.5, 0.6) is 0 Å². The number of hydrogen-bond acceptors (Lipinski definition) is 4. The molecule has 1 aliphatic heterocycles. The number of likely N-dealkylation sites (tertiary alicyclic amines) is 1. The highest BCUT2D eigenvalue weighted by atomic mass is 16.6. The molecule has 4 rings (SSSR count). The van der Waals surface area contributed by atoms with E-state index in [1.807, 2.05) is 54.6 Å². The lowest BCUT2D eigenvalue weighted by atomic mass is 10.0. The number of carbonyl (C=O) groups excluding carboxylic acids is 3. The Balaban J connectivity index is 1.21. The van der Waals surface area contributed by atoms with E-state index in [2.05, 4.69) is 5.32 Å². The van der Waals surface area contributed by atoms with Crippen LogP contribution in [0.2, 0.25) is 0 Å². The van der Waals surface area contributed by atoms with Crippen molar-refractivity contribution < 1.29 is 24.0 Å². The summed E-state index contributed by atoms with van der Waals surface area (Å²) in [5, 5.41) is 2.91. The molecule has 0 atom stereocenters. The van der Waals surface area contributed by atoms with Gasteiger partial charge in [-0.1, -0.05) is 60.7 Å². The monoisotopic (exact) mass is 486 g/mol. The van der Waals surface area contributed by atoms with Crippen molar-refractivity contribution in [3.63, 3.8) is 0 Å². The predicted molar refractivity (Wildman–Crippen MR) is 139 cm³/mol. The van der Waals surface area contributed by atoms with Crippen molar-refractivity contribution in [2.45, 2.75) is 18.9 Å². The van der Waals surface area contributed by atoms with Crippen LogP contribution in [0.4, 0.5) is 10.5 Å². The number of benzene rings is 3. The van der Waals surface area contributed by atoms with Gasteiger partial charge in [0, 0.05) is 36.6 Å². The van der Waals surface area contributed by atoms with Crippen LogP contribution in [0, 0.1) is 0 Å². The number of rotatable bonds is 8. The van der Waals surface area contributed by atoms with E-state index in [4.69, 9.17) is 4.74 Å². The summed E-state index contributed by atoms with van der Waals surface area (Å²) in [6.45, 7) is 3.23. The molecular formula is C29H32N3O4+. The minimum absolute atomic E-state index is 0.0578. The van der Waals surface area contributed by atoms with Crippen molar-refractivity contribution in [1.82, 2.24) is 4.90 Å². The Kier molecular flexibility index (Phi) is 8.47. The summed E-state index contributed by atoms with van der Waals surface area (Å²) < 4.78 is 5.72. The maximum Gasteiger partial charge on any atom is 0.411 e. The fraction of sp³-hybridized carbons (Fsp3) is 0.276. The quantitative estimate of drug-likeness (QED) is 0.478. The first-order valence-electron chi connectivity index (χ1n) is 12.3. The topological polar surface area (TPSA) is 80.2 Å². The van der Waals surface area contributed by atoms with Crippen LogP contribution in [-0.2, 0) is 4.74 Å². The maximum atomic E-state index is 12.6. The highest BCUT2D eigenvalue weighted by molar-refractivity contribution is 5.94. The van der Waals surface area contributed by atoms with Crippen molar-refractivity contribution in [2.24, 2.45) is 0 Å². The third-order valence-corrected chi connectivity index (χ3v) is 6.60. The van der Waals surface area contributed by atoms with Crippen molar-refractivity contribution in [2.75, 3.05) is 38.5 Å². The lowest BCUT2D eigenvalue weighted by Gasteiger charge is -2.30. The van der Waals surface area contributed by atoms with Gasteiger partial charge in [0.2, 0.25) is 0 Å². The van der Waals surface area contributed by atoms with E-state index >= 15 is 0 Å². The SMILES string of the molecule is CN(CC[NH+]1CCC(OC(=O)Nc2ccccc2-c2ccccc2)CC1)C(=O)c1ccc(C=O)cc1.